The van der Waals surface area contributed by atoms with E-state index in [9.17, 15) is 14.0 Å². The summed E-state index contributed by atoms with van der Waals surface area (Å²) in [6.07, 6.45) is 5.27. The highest BCUT2D eigenvalue weighted by Gasteiger charge is 2.52. The average Bonchev–Trinajstić information content (AvgIpc) is 3.56. The maximum atomic E-state index is 14.7. The first-order valence-corrected chi connectivity index (χ1v) is 15.6. The summed E-state index contributed by atoms with van der Waals surface area (Å²) >= 11 is 7.98. The number of piperazine rings is 1. The lowest BCUT2D eigenvalue weighted by atomic mass is 9.88. The van der Waals surface area contributed by atoms with Crippen molar-refractivity contribution >= 4 is 40.8 Å². The first-order chi connectivity index (χ1) is 20.3. The molecule has 42 heavy (non-hydrogen) atoms. The summed E-state index contributed by atoms with van der Waals surface area (Å²) < 4.78 is 20.0. The van der Waals surface area contributed by atoms with E-state index < -0.39 is 17.9 Å². The van der Waals surface area contributed by atoms with Gasteiger partial charge in [0.2, 0.25) is 0 Å². The maximum absolute atomic E-state index is 14.7. The fourth-order valence-electron chi connectivity index (χ4n) is 6.31. The number of amides is 2. The zero-order valence-corrected chi connectivity index (χ0v) is 25.3. The van der Waals surface area contributed by atoms with Gasteiger partial charge in [0.05, 0.1) is 18.2 Å². The standard InChI is InChI=1S/C30H34ClFN6O3S/c1-4-6-17(2)23-21(34-27(28-33-11-14-42-28)35-25(23)19-7-5-8-20(32)24(19)31)15-36-12-13-37-22(26(36)29(39)41-3)16-38(30(37)40)18-9-10-18/h5,7-8,11,14,18,22,25-26H,2,4,6,9-10,12-13,15-16H2,1,3H3,(H,34,35)/t22?,25-,26+/m0/s1. The van der Waals surface area contributed by atoms with Crippen molar-refractivity contribution in [2.24, 2.45) is 4.99 Å². The van der Waals surface area contributed by atoms with Gasteiger partial charge in [0.1, 0.15) is 17.9 Å². The molecule has 2 amide bonds. The highest BCUT2D eigenvalue weighted by atomic mass is 35.5. The van der Waals surface area contributed by atoms with E-state index in [0.29, 0.717) is 49.0 Å². The predicted molar refractivity (Wildman–Crippen MR) is 160 cm³/mol. The Bertz CT molecular complexity index is 1460. The van der Waals surface area contributed by atoms with Crippen molar-refractivity contribution in [2.75, 3.05) is 33.3 Å². The molecular weight excluding hydrogens is 579 g/mol. The van der Waals surface area contributed by atoms with Gasteiger partial charge in [-0.2, -0.15) is 0 Å². The minimum absolute atomic E-state index is 0.00192. The molecule has 9 nitrogen and oxygen atoms in total. The van der Waals surface area contributed by atoms with Crippen molar-refractivity contribution in [1.82, 2.24) is 25.0 Å². The van der Waals surface area contributed by atoms with Crippen LogP contribution in [0.2, 0.25) is 5.02 Å². The first-order valence-electron chi connectivity index (χ1n) is 14.3. The molecule has 3 atom stereocenters. The van der Waals surface area contributed by atoms with Gasteiger partial charge in [-0.3, -0.25) is 14.7 Å². The second-order valence-corrected chi connectivity index (χ2v) is 12.4. The molecule has 1 N–H and O–H groups in total. The Morgan fingerprint density at radius 2 is 2.10 bits per heavy atom. The predicted octanol–water partition coefficient (Wildman–Crippen LogP) is 4.76. The molecule has 0 radical (unpaired) electrons. The molecule has 0 spiro atoms. The summed E-state index contributed by atoms with van der Waals surface area (Å²) in [4.78, 5) is 41.8. The largest absolute Gasteiger partial charge is 0.468 e. The van der Waals surface area contributed by atoms with Crippen LogP contribution in [0.15, 0.2) is 58.2 Å². The lowest BCUT2D eigenvalue weighted by Gasteiger charge is -2.43. The number of thiazole rings is 1. The molecule has 1 saturated carbocycles. The normalized spacial score (nSPS) is 24.4. The number of urea groups is 1. The van der Waals surface area contributed by atoms with Crippen LogP contribution in [0.4, 0.5) is 9.18 Å². The van der Waals surface area contributed by atoms with Crippen molar-refractivity contribution < 1.29 is 18.7 Å². The average molecular weight is 613 g/mol. The lowest BCUT2D eigenvalue weighted by Crippen LogP contribution is -2.62. The van der Waals surface area contributed by atoms with E-state index in [4.69, 9.17) is 21.3 Å². The van der Waals surface area contributed by atoms with Gasteiger partial charge < -0.3 is 19.9 Å². The van der Waals surface area contributed by atoms with Crippen LogP contribution in [0.5, 0.6) is 0 Å². The van der Waals surface area contributed by atoms with Crippen LogP contribution in [-0.4, -0.2) is 88.9 Å². The van der Waals surface area contributed by atoms with Gasteiger partial charge in [-0.15, -0.1) is 11.3 Å². The zero-order chi connectivity index (χ0) is 29.5. The monoisotopic (exact) mass is 612 g/mol. The minimum atomic E-state index is -0.648. The number of nitrogens with one attached hydrogen (secondary N) is 1. The van der Waals surface area contributed by atoms with Gasteiger partial charge >= 0.3 is 12.0 Å². The molecule has 2 saturated heterocycles. The van der Waals surface area contributed by atoms with Crippen LogP contribution >= 0.6 is 22.9 Å². The van der Waals surface area contributed by atoms with E-state index in [0.717, 1.165) is 36.1 Å². The molecule has 6 rings (SSSR count). The molecule has 1 aromatic carbocycles. The Morgan fingerprint density at radius 3 is 2.79 bits per heavy atom. The van der Waals surface area contributed by atoms with E-state index >= 15 is 0 Å². The van der Waals surface area contributed by atoms with E-state index in [1.54, 1.807) is 18.3 Å². The van der Waals surface area contributed by atoms with Gasteiger partial charge in [-0.05, 0) is 30.9 Å². The highest BCUT2D eigenvalue weighted by Crippen LogP contribution is 2.41. The summed E-state index contributed by atoms with van der Waals surface area (Å²) in [7, 11) is 1.39. The topological polar surface area (TPSA) is 90.4 Å². The lowest BCUT2D eigenvalue weighted by molar-refractivity contribution is -0.150. The number of ether oxygens (including phenoxy) is 1. The number of aromatic nitrogens is 1. The molecule has 1 aromatic heterocycles. The van der Waals surface area contributed by atoms with Crippen molar-refractivity contribution in [3.8, 4) is 0 Å². The number of aliphatic imine (C=N–C) groups is 1. The van der Waals surface area contributed by atoms with Crippen LogP contribution < -0.4 is 5.32 Å². The molecule has 3 aliphatic heterocycles. The van der Waals surface area contributed by atoms with Gasteiger partial charge in [0.25, 0.3) is 0 Å². The second kappa shape index (κ2) is 11.8. The van der Waals surface area contributed by atoms with E-state index in [1.807, 2.05) is 15.2 Å². The highest BCUT2D eigenvalue weighted by molar-refractivity contribution is 7.11. The fraction of sp³-hybridized carbons (Fsp3) is 0.467. The molecule has 222 valence electrons. The Labute approximate surface area is 253 Å². The Balaban J connectivity index is 1.42. The van der Waals surface area contributed by atoms with Crippen molar-refractivity contribution in [2.45, 2.75) is 56.8 Å². The van der Waals surface area contributed by atoms with Crippen LogP contribution in [0.25, 0.3) is 0 Å². The number of halogens is 2. The molecule has 4 heterocycles. The van der Waals surface area contributed by atoms with Crippen molar-refractivity contribution in [1.29, 1.82) is 0 Å². The minimum Gasteiger partial charge on any atom is -0.468 e. The zero-order valence-electron chi connectivity index (χ0n) is 23.7. The Hall–Kier alpha value is -3.28. The van der Waals surface area contributed by atoms with Crippen molar-refractivity contribution in [3.63, 3.8) is 0 Å². The molecule has 3 fully saturated rings. The number of hydrogen-bond acceptors (Lipinski definition) is 8. The van der Waals surface area contributed by atoms with Gasteiger partial charge in [-0.1, -0.05) is 43.7 Å². The number of carbonyl (C=O) groups excluding carboxylic acids is 2. The third-order valence-electron chi connectivity index (χ3n) is 8.42. The smallest absolute Gasteiger partial charge is 0.325 e. The third kappa shape index (κ3) is 5.22. The summed E-state index contributed by atoms with van der Waals surface area (Å²) in [5.74, 6) is -0.352. The van der Waals surface area contributed by atoms with Crippen molar-refractivity contribution in [3.05, 3.63) is 74.6 Å². The summed E-state index contributed by atoms with van der Waals surface area (Å²) in [6.45, 7) is 8.31. The number of carbonyl (C=O) groups is 2. The SMILES string of the molecule is C=C(CCC)C1=C(CN2CCN3C(=O)N(C4CC4)CC3[C@@H]2C(=O)OC)NC(c2nccs2)=N[C@H]1c1cccc(F)c1Cl. The number of nitrogens with zero attached hydrogens (tertiary/aromatic N) is 5. The Kier molecular flexibility index (Phi) is 8.08. The van der Waals surface area contributed by atoms with Crippen LogP contribution in [0.3, 0.4) is 0 Å². The van der Waals surface area contributed by atoms with Crippen LogP contribution in [-0.2, 0) is 9.53 Å². The first kappa shape index (κ1) is 28.8. The molecule has 0 bridgehead atoms. The van der Waals surface area contributed by atoms with Gasteiger partial charge in [0.15, 0.2) is 10.8 Å². The van der Waals surface area contributed by atoms with Crippen LogP contribution in [0, 0.1) is 5.82 Å². The van der Waals surface area contributed by atoms with E-state index in [-0.39, 0.29) is 29.1 Å². The molecule has 2 aromatic rings. The van der Waals surface area contributed by atoms with Gasteiger partial charge in [-0.25, -0.2) is 14.2 Å². The number of rotatable bonds is 9. The number of esters is 1. The summed E-state index contributed by atoms with van der Waals surface area (Å²) in [5, 5.41) is 6.07. The molecule has 12 heteroatoms. The molecule has 4 aliphatic rings. The number of benzene rings is 1. The number of fused-ring (bicyclic) bond motifs is 1. The summed E-state index contributed by atoms with van der Waals surface area (Å²) in [6, 6.07) is 3.42. The Morgan fingerprint density at radius 1 is 1.29 bits per heavy atom. The van der Waals surface area contributed by atoms with E-state index in [1.165, 1.54) is 24.5 Å². The third-order valence-corrected chi connectivity index (χ3v) is 9.60. The molecular formula is C30H34ClFN6O3S. The number of hydrogen-bond donors (Lipinski definition) is 1. The molecule has 1 unspecified atom stereocenters. The quantitative estimate of drug-likeness (QED) is 0.411. The molecule has 1 aliphatic carbocycles. The second-order valence-electron chi connectivity index (χ2n) is 11.1. The number of methoxy groups -OCH3 is 1. The van der Waals surface area contributed by atoms with Gasteiger partial charge in [0, 0.05) is 60.6 Å². The maximum Gasteiger partial charge on any atom is 0.325 e. The van der Waals surface area contributed by atoms with Crippen LogP contribution in [0.1, 0.15) is 49.2 Å². The van der Waals surface area contributed by atoms with E-state index in [2.05, 4.69) is 28.7 Å². The summed E-state index contributed by atoms with van der Waals surface area (Å²) in [5.41, 5.74) is 3.01. The fourth-order valence-corrected chi connectivity index (χ4v) is 7.13. The number of amidine groups is 1.